The molecule has 0 aromatic carbocycles. The Morgan fingerprint density at radius 2 is 2.22 bits per heavy atom. The Labute approximate surface area is 110 Å². The molecule has 0 atom stereocenters. The molecule has 1 aromatic rings. The van der Waals surface area contributed by atoms with Crippen LogP contribution >= 0.6 is 0 Å². The highest BCUT2D eigenvalue weighted by Crippen LogP contribution is 2.19. The van der Waals surface area contributed by atoms with Crippen LogP contribution < -0.4 is 5.32 Å². The molecule has 1 heterocycles. The monoisotopic (exact) mass is 251 g/mol. The molecule has 1 aliphatic rings. The quantitative estimate of drug-likeness (QED) is 0.649. The van der Waals surface area contributed by atoms with Crippen molar-refractivity contribution in [2.45, 2.75) is 58.2 Å². The molecule has 0 amide bonds. The van der Waals surface area contributed by atoms with E-state index in [4.69, 9.17) is 4.74 Å². The lowest BCUT2D eigenvalue weighted by Gasteiger charge is -2.09. The van der Waals surface area contributed by atoms with Crippen LogP contribution in [0.25, 0.3) is 0 Å². The second kappa shape index (κ2) is 7.54. The first kappa shape index (κ1) is 13.6. The van der Waals surface area contributed by atoms with Crippen LogP contribution in [0.2, 0.25) is 0 Å². The fraction of sp³-hybridized carbons (Fsp3) is 0.786. The summed E-state index contributed by atoms with van der Waals surface area (Å²) in [5.41, 5.74) is 1.29. The number of rotatable bonds is 10. The van der Waals surface area contributed by atoms with Crippen molar-refractivity contribution in [3.63, 3.8) is 0 Å². The third-order valence-corrected chi connectivity index (χ3v) is 3.28. The number of nitrogens with one attached hydrogen (secondary N) is 1. The molecule has 1 saturated carbocycles. The van der Waals surface area contributed by atoms with E-state index in [9.17, 15) is 0 Å². The lowest BCUT2D eigenvalue weighted by Crippen LogP contribution is -2.18. The summed E-state index contributed by atoms with van der Waals surface area (Å²) in [7, 11) is 0. The van der Waals surface area contributed by atoms with Gasteiger partial charge in [0.15, 0.2) is 0 Å². The molecule has 0 saturated heterocycles. The van der Waals surface area contributed by atoms with Crippen molar-refractivity contribution in [1.82, 2.24) is 14.9 Å². The maximum Gasteiger partial charge on any atom is 0.0948 e. The maximum absolute atomic E-state index is 5.57. The summed E-state index contributed by atoms with van der Waals surface area (Å²) in [5, 5.41) is 3.53. The van der Waals surface area contributed by atoms with Gasteiger partial charge in [0.05, 0.1) is 12.0 Å². The summed E-state index contributed by atoms with van der Waals surface area (Å²) in [5.74, 6) is 0. The molecule has 0 unspecified atom stereocenters. The number of aromatic nitrogens is 2. The number of nitrogens with zero attached hydrogens (tertiary/aromatic N) is 2. The van der Waals surface area contributed by atoms with Gasteiger partial charge in [0, 0.05) is 38.5 Å². The topological polar surface area (TPSA) is 39.1 Å². The second-order valence-corrected chi connectivity index (χ2v) is 5.05. The summed E-state index contributed by atoms with van der Waals surface area (Å²) >= 11 is 0. The van der Waals surface area contributed by atoms with Crippen molar-refractivity contribution in [1.29, 1.82) is 0 Å². The van der Waals surface area contributed by atoms with E-state index in [0.29, 0.717) is 0 Å². The van der Waals surface area contributed by atoms with Crippen LogP contribution in [0, 0.1) is 0 Å². The average Bonchev–Trinajstić information content (AvgIpc) is 3.11. The SMILES string of the molecule is CCCCOCCCn1cncc1CNC1CC1. The van der Waals surface area contributed by atoms with Gasteiger partial charge in [0.2, 0.25) is 0 Å². The number of aryl methyl sites for hydroxylation is 1. The van der Waals surface area contributed by atoms with Crippen LogP contribution in [0.1, 0.15) is 44.7 Å². The normalized spacial score (nSPS) is 15.2. The molecule has 0 spiro atoms. The minimum atomic E-state index is 0.755. The summed E-state index contributed by atoms with van der Waals surface area (Å²) in [4.78, 5) is 4.23. The molecule has 102 valence electrons. The van der Waals surface area contributed by atoms with Crippen LogP contribution in [0.15, 0.2) is 12.5 Å². The van der Waals surface area contributed by atoms with Crippen LogP contribution in [-0.2, 0) is 17.8 Å². The minimum absolute atomic E-state index is 0.755. The van der Waals surface area contributed by atoms with Crippen LogP contribution in [0.3, 0.4) is 0 Å². The van der Waals surface area contributed by atoms with Crippen molar-refractivity contribution in [3.8, 4) is 0 Å². The van der Waals surface area contributed by atoms with E-state index in [1.807, 2.05) is 12.5 Å². The Bertz CT molecular complexity index is 334. The molecule has 0 bridgehead atoms. The van der Waals surface area contributed by atoms with E-state index >= 15 is 0 Å². The molecule has 18 heavy (non-hydrogen) atoms. The first-order valence-electron chi connectivity index (χ1n) is 7.20. The van der Waals surface area contributed by atoms with Gasteiger partial charge in [0.1, 0.15) is 0 Å². The van der Waals surface area contributed by atoms with Gasteiger partial charge in [-0.05, 0) is 25.7 Å². The Morgan fingerprint density at radius 3 is 3.00 bits per heavy atom. The summed E-state index contributed by atoms with van der Waals surface area (Å²) in [6.07, 6.45) is 10.00. The van der Waals surface area contributed by atoms with Gasteiger partial charge in [0.25, 0.3) is 0 Å². The zero-order chi connectivity index (χ0) is 12.6. The van der Waals surface area contributed by atoms with Gasteiger partial charge < -0.3 is 14.6 Å². The van der Waals surface area contributed by atoms with E-state index in [-0.39, 0.29) is 0 Å². The third-order valence-electron chi connectivity index (χ3n) is 3.28. The van der Waals surface area contributed by atoms with Crippen molar-refractivity contribution in [2.24, 2.45) is 0 Å². The zero-order valence-electron chi connectivity index (χ0n) is 11.4. The van der Waals surface area contributed by atoms with Gasteiger partial charge in [-0.1, -0.05) is 13.3 Å². The molecular weight excluding hydrogens is 226 g/mol. The summed E-state index contributed by atoms with van der Waals surface area (Å²) in [6, 6.07) is 0.755. The standard InChI is InChI=1S/C14H25N3O/c1-2-3-8-18-9-4-7-17-12-15-10-14(17)11-16-13-5-6-13/h10,12-13,16H,2-9,11H2,1H3. The van der Waals surface area contributed by atoms with E-state index in [2.05, 4.69) is 21.8 Å². The molecule has 0 radical (unpaired) electrons. The van der Waals surface area contributed by atoms with Crippen LogP contribution in [0.5, 0.6) is 0 Å². The average molecular weight is 251 g/mol. The first-order chi connectivity index (χ1) is 8.90. The molecule has 4 nitrogen and oxygen atoms in total. The molecule has 0 aliphatic heterocycles. The van der Waals surface area contributed by atoms with Gasteiger partial charge in [-0.25, -0.2) is 4.98 Å². The molecule has 1 aliphatic carbocycles. The smallest absolute Gasteiger partial charge is 0.0948 e. The molecule has 4 heteroatoms. The molecule has 1 fully saturated rings. The van der Waals surface area contributed by atoms with E-state index in [1.165, 1.54) is 31.4 Å². The Hall–Kier alpha value is -0.870. The molecule has 2 rings (SSSR count). The first-order valence-corrected chi connectivity index (χ1v) is 7.20. The Morgan fingerprint density at radius 1 is 1.39 bits per heavy atom. The Kier molecular flexibility index (Phi) is 5.68. The van der Waals surface area contributed by atoms with Gasteiger partial charge >= 0.3 is 0 Å². The third kappa shape index (κ3) is 4.78. The lowest BCUT2D eigenvalue weighted by molar-refractivity contribution is 0.126. The van der Waals surface area contributed by atoms with Crippen LogP contribution in [0.4, 0.5) is 0 Å². The summed E-state index contributed by atoms with van der Waals surface area (Å²) < 4.78 is 7.81. The maximum atomic E-state index is 5.57. The van der Waals surface area contributed by atoms with Gasteiger partial charge in [-0.3, -0.25) is 0 Å². The largest absolute Gasteiger partial charge is 0.381 e. The predicted molar refractivity (Wildman–Crippen MR) is 72.4 cm³/mol. The molecular formula is C14H25N3O. The van der Waals surface area contributed by atoms with Gasteiger partial charge in [-0.2, -0.15) is 0 Å². The van der Waals surface area contributed by atoms with E-state index in [0.717, 1.165) is 38.8 Å². The number of imidazole rings is 1. The fourth-order valence-electron chi connectivity index (χ4n) is 1.92. The molecule has 1 N–H and O–H groups in total. The summed E-state index contributed by atoms with van der Waals surface area (Å²) in [6.45, 7) is 5.90. The lowest BCUT2D eigenvalue weighted by atomic mass is 10.3. The van der Waals surface area contributed by atoms with Crippen molar-refractivity contribution >= 4 is 0 Å². The number of unbranched alkanes of at least 4 members (excludes halogenated alkanes) is 1. The number of ether oxygens (including phenoxy) is 1. The zero-order valence-corrected chi connectivity index (χ0v) is 11.4. The van der Waals surface area contributed by atoms with Crippen molar-refractivity contribution < 1.29 is 4.74 Å². The highest BCUT2D eigenvalue weighted by molar-refractivity contribution is 4.99. The van der Waals surface area contributed by atoms with Crippen molar-refractivity contribution in [2.75, 3.05) is 13.2 Å². The predicted octanol–water partition coefficient (Wildman–Crippen LogP) is 2.34. The highest BCUT2D eigenvalue weighted by Gasteiger charge is 2.20. The van der Waals surface area contributed by atoms with Crippen LogP contribution in [-0.4, -0.2) is 28.8 Å². The van der Waals surface area contributed by atoms with Crippen molar-refractivity contribution in [3.05, 3.63) is 18.2 Å². The number of hydrogen-bond acceptors (Lipinski definition) is 3. The minimum Gasteiger partial charge on any atom is -0.381 e. The second-order valence-electron chi connectivity index (χ2n) is 5.05. The van der Waals surface area contributed by atoms with E-state index < -0.39 is 0 Å². The number of hydrogen-bond donors (Lipinski definition) is 1. The molecule has 1 aromatic heterocycles. The fourth-order valence-corrected chi connectivity index (χ4v) is 1.92. The Balaban J connectivity index is 1.60. The van der Waals surface area contributed by atoms with E-state index in [1.54, 1.807) is 0 Å². The van der Waals surface area contributed by atoms with Gasteiger partial charge in [-0.15, -0.1) is 0 Å². The highest BCUT2D eigenvalue weighted by atomic mass is 16.5.